The highest BCUT2D eigenvalue weighted by Gasteiger charge is 2.22. The van der Waals surface area contributed by atoms with Gasteiger partial charge >= 0.3 is 5.97 Å². The minimum absolute atomic E-state index is 0.144. The van der Waals surface area contributed by atoms with E-state index in [9.17, 15) is 14.9 Å². The van der Waals surface area contributed by atoms with Crippen LogP contribution >= 0.6 is 0 Å². The Bertz CT molecular complexity index is 239. The van der Waals surface area contributed by atoms with Crippen molar-refractivity contribution in [2.24, 2.45) is 11.8 Å². The lowest BCUT2D eigenvalue weighted by Crippen LogP contribution is -2.22. The summed E-state index contributed by atoms with van der Waals surface area (Å²) >= 11 is 0. The van der Waals surface area contributed by atoms with Crippen LogP contribution in [0.3, 0.4) is 0 Å². The molecule has 0 fully saturated rings. The largest absolute Gasteiger partial charge is 0.466 e. The maximum atomic E-state index is 11.3. The summed E-state index contributed by atoms with van der Waals surface area (Å²) < 4.78 is 4.84. The molecule has 0 spiro atoms. The molecule has 0 aromatic rings. The summed E-state index contributed by atoms with van der Waals surface area (Å²) in [5.41, 5.74) is 0. The fourth-order valence-corrected chi connectivity index (χ4v) is 1.98. The van der Waals surface area contributed by atoms with E-state index in [-0.39, 0.29) is 29.8 Å². The van der Waals surface area contributed by atoms with Gasteiger partial charge in [-0.05, 0) is 19.3 Å². The van der Waals surface area contributed by atoms with E-state index in [1.165, 1.54) is 0 Å². The van der Waals surface area contributed by atoms with Crippen molar-refractivity contribution in [2.45, 2.75) is 46.5 Å². The predicted octanol–water partition coefficient (Wildman–Crippen LogP) is 2.66. The highest BCUT2D eigenvalue weighted by atomic mass is 16.6. The van der Waals surface area contributed by atoms with E-state index in [1.54, 1.807) is 6.92 Å². The average Bonchev–Trinajstić information content (AvgIpc) is 2.25. The summed E-state index contributed by atoms with van der Waals surface area (Å²) in [5, 5.41) is 10.6. The number of rotatable bonds is 9. The number of nitrogens with zero attached hydrogens (tertiary/aromatic N) is 1. The monoisotopic (exact) mass is 245 g/mol. The van der Waals surface area contributed by atoms with Gasteiger partial charge in [0.15, 0.2) is 0 Å². The predicted molar refractivity (Wildman–Crippen MR) is 65.3 cm³/mol. The van der Waals surface area contributed by atoms with Crippen LogP contribution in [-0.2, 0) is 9.53 Å². The van der Waals surface area contributed by atoms with Gasteiger partial charge in [-0.15, -0.1) is 0 Å². The van der Waals surface area contributed by atoms with Crippen LogP contribution in [0.4, 0.5) is 0 Å². The van der Waals surface area contributed by atoms with Crippen LogP contribution in [0.25, 0.3) is 0 Å². The summed E-state index contributed by atoms with van der Waals surface area (Å²) in [6.45, 7) is 6.06. The van der Waals surface area contributed by atoms with Crippen LogP contribution in [0.15, 0.2) is 0 Å². The molecule has 0 aliphatic rings. The molecule has 0 amide bonds. The van der Waals surface area contributed by atoms with Crippen LogP contribution in [0.1, 0.15) is 46.5 Å². The number of hydrogen-bond acceptors (Lipinski definition) is 4. The minimum Gasteiger partial charge on any atom is -0.466 e. The van der Waals surface area contributed by atoms with E-state index in [2.05, 4.69) is 13.8 Å². The smallest absolute Gasteiger partial charge is 0.306 e. The van der Waals surface area contributed by atoms with Gasteiger partial charge in [-0.2, -0.15) is 0 Å². The van der Waals surface area contributed by atoms with Gasteiger partial charge in [0.25, 0.3) is 0 Å². The number of carbonyl (C=O) groups is 1. The summed E-state index contributed by atoms with van der Waals surface area (Å²) in [6.07, 6.45) is 2.87. The molecule has 0 radical (unpaired) electrons. The second-order valence-corrected chi connectivity index (χ2v) is 4.31. The maximum Gasteiger partial charge on any atom is 0.306 e. The summed E-state index contributed by atoms with van der Waals surface area (Å²) in [4.78, 5) is 21.6. The van der Waals surface area contributed by atoms with Crippen molar-refractivity contribution >= 4 is 5.97 Å². The fourth-order valence-electron chi connectivity index (χ4n) is 1.98. The van der Waals surface area contributed by atoms with Gasteiger partial charge in [0.2, 0.25) is 6.54 Å². The molecule has 0 aromatic carbocycles. The van der Waals surface area contributed by atoms with Crippen molar-refractivity contribution in [3.63, 3.8) is 0 Å². The zero-order valence-corrected chi connectivity index (χ0v) is 11.0. The Hall–Kier alpha value is -1.13. The second-order valence-electron chi connectivity index (χ2n) is 4.31. The molecule has 100 valence electrons. The van der Waals surface area contributed by atoms with Gasteiger partial charge in [-0.25, -0.2) is 0 Å². The van der Waals surface area contributed by atoms with Gasteiger partial charge in [0.05, 0.1) is 13.0 Å². The Labute approximate surface area is 103 Å². The first kappa shape index (κ1) is 15.9. The number of hydrogen-bond donors (Lipinski definition) is 0. The minimum atomic E-state index is -0.341. The highest BCUT2D eigenvalue weighted by Crippen LogP contribution is 2.22. The first-order valence-corrected chi connectivity index (χ1v) is 6.30. The molecule has 0 N–H and O–H groups in total. The van der Waals surface area contributed by atoms with Crippen LogP contribution in [-0.4, -0.2) is 24.0 Å². The Kier molecular flexibility index (Phi) is 8.36. The third kappa shape index (κ3) is 7.71. The Morgan fingerprint density at radius 2 is 1.82 bits per heavy atom. The van der Waals surface area contributed by atoms with Crippen LogP contribution in [0, 0.1) is 22.0 Å². The lowest BCUT2D eigenvalue weighted by atomic mass is 9.89. The lowest BCUT2D eigenvalue weighted by Gasteiger charge is -2.18. The number of esters is 1. The van der Waals surface area contributed by atoms with E-state index in [4.69, 9.17) is 4.74 Å². The first-order valence-electron chi connectivity index (χ1n) is 6.30. The number of carbonyl (C=O) groups excluding carboxylic acids is 1. The first-order chi connectivity index (χ1) is 8.03. The Morgan fingerprint density at radius 3 is 2.24 bits per heavy atom. The second kappa shape index (κ2) is 8.96. The molecule has 17 heavy (non-hydrogen) atoms. The van der Waals surface area contributed by atoms with Crippen molar-refractivity contribution < 1.29 is 14.5 Å². The van der Waals surface area contributed by atoms with Crippen molar-refractivity contribution in [3.05, 3.63) is 10.1 Å². The molecule has 5 heteroatoms. The molecular formula is C12H23NO4. The molecule has 0 aliphatic carbocycles. The molecule has 0 saturated carbocycles. The lowest BCUT2D eigenvalue weighted by molar-refractivity contribution is -0.488. The zero-order valence-electron chi connectivity index (χ0n) is 11.0. The molecule has 0 aromatic heterocycles. The van der Waals surface area contributed by atoms with Crippen molar-refractivity contribution in [3.8, 4) is 0 Å². The molecule has 1 atom stereocenters. The highest BCUT2D eigenvalue weighted by molar-refractivity contribution is 5.69. The SMILES string of the molecule is CCOC(=O)CC(CC(CC)CC)C[N+](=O)[O-]. The molecule has 1 unspecified atom stereocenters. The normalized spacial score (nSPS) is 12.5. The van der Waals surface area contributed by atoms with Gasteiger partial charge in [0, 0.05) is 10.8 Å². The summed E-state index contributed by atoms with van der Waals surface area (Å²) in [5.74, 6) is -0.0753. The van der Waals surface area contributed by atoms with Crippen LogP contribution in [0.5, 0.6) is 0 Å². The molecule has 0 aliphatic heterocycles. The third-order valence-electron chi connectivity index (χ3n) is 2.99. The molecule has 0 saturated heterocycles. The number of nitro groups is 1. The molecule has 0 rings (SSSR count). The third-order valence-corrected chi connectivity index (χ3v) is 2.99. The van der Waals surface area contributed by atoms with Crippen molar-refractivity contribution in [1.29, 1.82) is 0 Å². The standard InChI is InChI=1S/C12H23NO4/c1-4-10(5-2)7-11(9-13(15)16)8-12(14)17-6-3/h10-11H,4-9H2,1-3H3. The van der Waals surface area contributed by atoms with Gasteiger partial charge in [-0.1, -0.05) is 26.7 Å². The molecular weight excluding hydrogens is 222 g/mol. The molecule has 5 nitrogen and oxygen atoms in total. The van der Waals surface area contributed by atoms with Crippen molar-refractivity contribution in [1.82, 2.24) is 0 Å². The summed E-state index contributed by atoms with van der Waals surface area (Å²) in [7, 11) is 0. The quantitative estimate of drug-likeness (QED) is 0.356. The van der Waals surface area contributed by atoms with E-state index in [0.717, 1.165) is 19.3 Å². The Morgan fingerprint density at radius 1 is 1.24 bits per heavy atom. The van der Waals surface area contributed by atoms with Gasteiger partial charge in [-0.3, -0.25) is 14.9 Å². The molecule has 0 bridgehead atoms. The maximum absolute atomic E-state index is 11.3. The van der Waals surface area contributed by atoms with Gasteiger partial charge in [0.1, 0.15) is 0 Å². The zero-order chi connectivity index (χ0) is 13.3. The topological polar surface area (TPSA) is 69.4 Å². The van der Waals surface area contributed by atoms with Crippen LogP contribution < -0.4 is 0 Å². The van der Waals surface area contributed by atoms with E-state index in [1.807, 2.05) is 0 Å². The average molecular weight is 245 g/mol. The van der Waals surface area contributed by atoms with E-state index < -0.39 is 0 Å². The van der Waals surface area contributed by atoms with Crippen molar-refractivity contribution in [2.75, 3.05) is 13.2 Å². The molecule has 0 heterocycles. The number of ether oxygens (including phenoxy) is 1. The van der Waals surface area contributed by atoms with E-state index in [0.29, 0.717) is 12.5 Å². The summed E-state index contributed by atoms with van der Waals surface area (Å²) in [6, 6.07) is 0. The fraction of sp³-hybridized carbons (Fsp3) is 0.917. The van der Waals surface area contributed by atoms with Crippen LogP contribution in [0.2, 0.25) is 0 Å². The van der Waals surface area contributed by atoms with Gasteiger partial charge < -0.3 is 4.74 Å². The van der Waals surface area contributed by atoms with E-state index >= 15 is 0 Å². The Balaban J connectivity index is 4.31.